The lowest BCUT2D eigenvalue weighted by Crippen LogP contribution is -2.37. The van der Waals surface area contributed by atoms with E-state index in [2.05, 4.69) is 43.8 Å². The van der Waals surface area contributed by atoms with Crippen molar-refractivity contribution in [3.63, 3.8) is 0 Å². The Balaban J connectivity index is 1.24. The molecule has 2 fully saturated rings. The topological polar surface area (TPSA) is 71.6 Å². The number of nitrogens with one attached hydrogen (secondary N) is 3. The third kappa shape index (κ3) is 8.35. The van der Waals surface area contributed by atoms with E-state index >= 15 is 0 Å². The lowest BCUT2D eigenvalue weighted by Gasteiger charge is -2.31. The van der Waals surface area contributed by atoms with Gasteiger partial charge in [0.25, 0.3) is 0 Å². The fourth-order valence-corrected chi connectivity index (χ4v) is 4.93. The molecule has 0 spiro atoms. The van der Waals surface area contributed by atoms with Crippen molar-refractivity contribution < 1.29 is 0 Å². The van der Waals surface area contributed by atoms with Gasteiger partial charge in [0.05, 0.1) is 0 Å². The second-order valence-electron chi connectivity index (χ2n) is 9.62. The van der Waals surface area contributed by atoms with Crippen LogP contribution in [0.15, 0.2) is 30.3 Å². The van der Waals surface area contributed by atoms with Crippen molar-refractivity contribution in [2.75, 3.05) is 79.8 Å². The van der Waals surface area contributed by atoms with Crippen LogP contribution in [-0.2, 0) is 0 Å². The van der Waals surface area contributed by atoms with E-state index in [0.29, 0.717) is 10.1 Å². The van der Waals surface area contributed by atoms with Crippen molar-refractivity contribution in [3.05, 3.63) is 35.4 Å². The average Bonchev–Trinajstić information content (AvgIpc) is 2.91. The normalized spacial score (nSPS) is 16.2. The highest BCUT2D eigenvalue weighted by Crippen LogP contribution is 2.25. The van der Waals surface area contributed by atoms with E-state index in [-0.39, 0.29) is 0 Å². The van der Waals surface area contributed by atoms with Gasteiger partial charge in [0.15, 0.2) is 5.11 Å². The van der Waals surface area contributed by atoms with Crippen LogP contribution in [0.25, 0.3) is 0 Å². The summed E-state index contributed by atoms with van der Waals surface area (Å²) in [5.41, 5.74) is 0.923. The number of thiocarbonyl (C=S) groups is 1. The van der Waals surface area contributed by atoms with E-state index in [1.807, 2.05) is 24.3 Å². The van der Waals surface area contributed by atoms with Crippen molar-refractivity contribution >= 4 is 52.2 Å². The molecule has 2 aliphatic rings. The minimum atomic E-state index is 0.611. The van der Waals surface area contributed by atoms with Gasteiger partial charge in [0.1, 0.15) is 11.6 Å². The highest BCUT2D eigenvalue weighted by atomic mass is 35.5. The summed E-state index contributed by atoms with van der Waals surface area (Å²) in [5, 5.41) is 11.3. The second kappa shape index (κ2) is 13.8. The molecule has 0 amide bonds. The highest BCUT2D eigenvalue weighted by Gasteiger charge is 2.19. The summed E-state index contributed by atoms with van der Waals surface area (Å²) >= 11 is 11.3. The predicted molar refractivity (Wildman–Crippen MR) is 156 cm³/mol. The predicted octanol–water partition coefficient (Wildman–Crippen LogP) is 4.44. The van der Waals surface area contributed by atoms with Crippen molar-refractivity contribution in [1.29, 1.82) is 0 Å². The van der Waals surface area contributed by atoms with Crippen molar-refractivity contribution in [2.24, 2.45) is 0 Å². The van der Waals surface area contributed by atoms with Gasteiger partial charge in [-0.3, -0.25) is 0 Å². The lowest BCUT2D eigenvalue weighted by atomic mass is 10.1. The van der Waals surface area contributed by atoms with E-state index in [1.165, 1.54) is 38.5 Å². The zero-order valence-electron chi connectivity index (χ0n) is 21.3. The second-order valence-corrected chi connectivity index (χ2v) is 10.5. The van der Waals surface area contributed by atoms with Crippen LogP contribution in [0.3, 0.4) is 0 Å². The SMILES string of the molecule is CN(CCNC(=S)Nc1ccc(Cl)cc1)CCNc1cc(N2CCCCC2)nc(N2CCCCC2)n1. The van der Waals surface area contributed by atoms with Gasteiger partial charge in [0, 0.05) is 69.1 Å². The van der Waals surface area contributed by atoms with Gasteiger partial charge >= 0.3 is 0 Å². The molecule has 4 rings (SSSR count). The zero-order chi connectivity index (χ0) is 25.2. The molecule has 2 saturated heterocycles. The Morgan fingerprint density at radius 2 is 1.56 bits per heavy atom. The molecule has 8 nitrogen and oxygen atoms in total. The van der Waals surface area contributed by atoms with Crippen LogP contribution in [0.5, 0.6) is 0 Å². The number of nitrogens with zero attached hydrogens (tertiary/aromatic N) is 5. The molecule has 1 aromatic carbocycles. The highest BCUT2D eigenvalue weighted by molar-refractivity contribution is 7.80. The van der Waals surface area contributed by atoms with Crippen molar-refractivity contribution in [1.82, 2.24) is 20.2 Å². The summed E-state index contributed by atoms with van der Waals surface area (Å²) in [6, 6.07) is 9.64. The van der Waals surface area contributed by atoms with Crippen LogP contribution < -0.4 is 25.8 Å². The molecule has 10 heteroatoms. The summed E-state index contributed by atoms with van der Waals surface area (Å²) in [4.78, 5) is 16.9. The van der Waals surface area contributed by atoms with Gasteiger partial charge in [-0.2, -0.15) is 9.97 Å². The van der Waals surface area contributed by atoms with Crippen LogP contribution >= 0.6 is 23.8 Å². The molecule has 0 atom stereocenters. The largest absolute Gasteiger partial charge is 0.369 e. The maximum absolute atomic E-state index is 5.94. The molecule has 0 aliphatic carbocycles. The first-order valence-electron chi connectivity index (χ1n) is 13.2. The van der Waals surface area contributed by atoms with E-state index in [0.717, 1.165) is 75.6 Å². The van der Waals surface area contributed by atoms with Crippen molar-refractivity contribution in [2.45, 2.75) is 38.5 Å². The maximum Gasteiger partial charge on any atom is 0.229 e. The number of halogens is 1. The average molecular weight is 531 g/mol. The van der Waals surface area contributed by atoms with Crippen LogP contribution in [0, 0.1) is 0 Å². The monoisotopic (exact) mass is 530 g/mol. The lowest BCUT2D eigenvalue weighted by molar-refractivity contribution is 0.352. The molecule has 0 bridgehead atoms. The summed E-state index contributed by atoms with van der Waals surface area (Å²) in [6.07, 6.45) is 7.53. The third-order valence-corrected chi connectivity index (χ3v) is 7.20. The van der Waals surface area contributed by atoms with Gasteiger partial charge in [-0.25, -0.2) is 0 Å². The Morgan fingerprint density at radius 1 is 0.917 bits per heavy atom. The molecule has 3 N–H and O–H groups in total. The number of anilines is 4. The molecule has 1 aromatic heterocycles. The summed E-state index contributed by atoms with van der Waals surface area (Å²) in [7, 11) is 2.12. The smallest absolute Gasteiger partial charge is 0.229 e. The zero-order valence-corrected chi connectivity index (χ0v) is 22.9. The Labute approximate surface area is 225 Å². The Kier molecular flexibility index (Phi) is 10.2. The maximum atomic E-state index is 5.94. The van der Waals surface area contributed by atoms with Gasteiger partial charge < -0.3 is 30.7 Å². The molecule has 2 aromatic rings. The van der Waals surface area contributed by atoms with Gasteiger partial charge in [-0.05, 0) is 82.1 Å². The first kappa shape index (κ1) is 26.7. The Hall–Kier alpha value is -2.36. The Morgan fingerprint density at radius 3 is 2.25 bits per heavy atom. The van der Waals surface area contributed by atoms with Gasteiger partial charge in [-0.15, -0.1) is 0 Å². The minimum Gasteiger partial charge on any atom is -0.369 e. The van der Waals surface area contributed by atoms with E-state index in [9.17, 15) is 0 Å². The quantitative estimate of drug-likeness (QED) is 0.386. The van der Waals surface area contributed by atoms with E-state index in [1.54, 1.807) is 0 Å². The molecular weight excluding hydrogens is 492 g/mol. The van der Waals surface area contributed by atoms with Gasteiger partial charge in [-0.1, -0.05) is 11.6 Å². The first-order chi connectivity index (χ1) is 17.6. The number of benzene rings is 1. The summed E-state index contributed by atoms with van der Waals surface area (Å²) < 4.78 is 0. The molecule has 36 heavy (non-hydrogen) atoms. The van der Waals surface area contributed by atoms with Crippen LogP contribution in [0.1, 0.15) is 38.5 Å². The van der Waals surface area contributed by atoms with Gasteiger partial charge in [0.2, 0.25) is 5.95 Å². The third-order valence-electron chi connectivity index (χ3n) is 6.70. The summed E-state index contributed by atoms with van der Waals surface area (Å²) in [6.45, 7) is 7.64. The van der Waals surface area contributed by atoms with E-state index in [4.69, 9.17) is 33.8 Å². The molecule has 3 heterocycles. The number of aromatic nitrogens is 2. The Bertz CT molecular complexity index is 925. The molecule has 0 radical (unpaired) electrons. The first-order valence-corrected chi connectivity index (χ1v) is 14.0. The number of likely N-dealkylation sites (N-methyl/N-ethyl adjacent to an activating group) is 1. The van der Waals surface area contributed by atoms with Crippen LogP contribution in [-0.4, -0.2) is 79.4 Å². The number of hydrogen-bond donors (Lipinski definition) is 3. The molecule has 0 saturated carbocycles. The van der Waals surface area contributed by atoms with E-state index < -0.39 is 0 Å². The van der Waals surface area contributed by atoms with Crippen LogP contribution in [0.2, 0.25) is 5.02 Å². The van der Waals surface area contributed by atoms with Crippen LogP contribution in [0.4, 0.5) is 23.3 Å². The fraction of sp³-hybridized carbons (Fsp3) is 0.577. The number of hydrogen-bond acceptors (Lipinski definition) is 7. The summed E-state index contributed by atoms with van der Waals surface area (Å²) in [5.74, 6) is 2.86. The number of piperidine rings is 2. The molecule has 2 aliphatic heterocycles. The minimum absolute atomic E-state index is 0.611. The molecular formula is C26H39ClN8S. The molecule has 0 unspecified atom stereocenters. The molecule has 196 valence electrons. The number of rotatable bonds is 10. The standard InChI is InChI=1S/C26H39ClN8S/c1-33(19-13-29-26(36)30-22-10-8-21(27)9-11-22)18-12-28-23-20-24(34-14-4-2-5-15-34)32-25(31-23)35-16-6-3-7-17-35/h8-11,20H,2-7,12-19H2,1H3,(H,28,31,32)(H2,29,30,36). The fourth-order valence-electron chi connectivity index (χ4n) is 4.59. The van der Waals surface area contributed by atoms with Crippen molar-refractivity contribution in [3.8, 4) is 0 Å².